The molecule has 1 heterocycles. The van der Waals surface area contributed by atoms with Crippen molar-refractivity contribution in [3.05, 3.63) is 75.5 Å². The molecular weight excluding hydrogens is 365 g/mol. The first-order chi connectivity index (χ1) is 12.6. The molecule has 0 aliphatic heterocycles. The van der Waals surface area contributed by atoms with Crippen LogP contribution in [0.2, 0.25) is 10.0 Å². The van der Waals surface area contributed by atoms with Crippen LogP contribution in [-0.2, 0) is 6.42 Å². The molecule has 1 N–H and O–H groups in total. The first-order valence-corrected chi connectivity index (χ1v) is 9.51. The summed E-state index contributed by atoms with van der Waals surface area (Å²) in [6.45, 7) is 1.90. The molecule has 1 unspecified atom stereocenters. The monoisotopic (exact) mass is 383 g/mol. The number of halogens is 2. The summed E-state index contributed by atoms with van der Waals surface area (Å²) in [5, 5.41) is 4.67. The average Bonchev–Trinajstić information content (AvgIpc) is 2.64. The molecule has 1 aliphatic carbocycles. The topological polar surface area (TPSA) is 37.8 Å². The molecule has 1 aliphatic rings. The van der Waals surface area contributed by atoms with Gasteiger partial charge in [0.2, 0.25) is 0 Å². The van der Waals surface area contributed by atoms with E-state index in [1.165, 1.54) is 17.5 Å². The Labute approximate surface area is 163 Å². The van der Waals surface area contributed by atoms with Crippen LogP contribution >= 0.6 is 23.2 Å². The van der Waals surface area contributed by atoms with Gasteiger partial charge in [-0.2, -0.15) is 0 Å². The molecule has 0 saturated carbocycles. The fourth-order valence-corrected chi connectivity index (χ4v) is 3.83. The molecule has 3 aromatic rings. The highest BCUT2D eigenvalue weighted by Crippen LogP contribution is 2.33. The van der Waals surface area contributed by atoms with Crippen molar-refractivity contribution in [3.8, 4) is 11.3 Å². The molecule has 2 aromatic carbocycles. The summed E-state index contributed by atoms with van der Waals surface area (Å²) in [7, 11) is 0. The summed E-state index contributed by atoms with van der Waals surface area (Å²) in [6.07, 6.45) is 3.42. The van der Waals surface area contributed by atoms with E-state index in [0.717, 1.165) is 35.7 Å². The fraction of sp³-hybridized carbons (Fsp3) is 0.238. The number of nitrogens with one attached hydrogen (secondary N) is 1. The number of rotatable bonds is 3. The number of anilines is 1. The maximum absolute atomic E-state index is 6.16. The van der Waals surface area contributed by atoms with Crippen LogP contribution in [0.25, 0.3) is 11.3 Å². The van der Waals surface area contributed by atoms with Gasteiger partial charge < -0.3 is 5.32 Å². The van der Waals surface area contributed by atoms with E-state index in [2.05, 4.69) is 39.6 Å². The Morgan fingerprint density at radius 3 is 2.69 bits per heavy atom. The van der Waals surface area contributed by atoms with Gasteiger partial charge in [-0.15, -0.1) is 0 Å². The summed E-state index contributed by atoms with van der Waals surface area (Å²) >= 11 is 12.2. The van der Waals surface area contributed by atoms with E-state index in [4.69, 9.17) is 23.2 Å². The van der Waals surface area contributed by atoms with E-state index in [1.54, 1.807) is 6.07 Å². The van der Waals surface area contributed by atoms with Gasteiger partial charge in [-0.05, 0) is 49.4 Å². The highest BCUT2D eigenvalue weighted by atomic mass is 35.5. The number of nitrogens with zero attached hydrogens (tertiary/aromatic N) is 2. The zero-order valence-electron chi connectivity index (χ0n) is 14.5. The molecular formula is C21H19Cl2N3. The molecule has 0 saturated heterocycles. The molecule has 5 heteroatoms. The molecule has 0 amide bonds. The van der Waals surface area contributed by atoms with Crippen molar-refractivity contribution in [3.63, 3.8) is 0 Å². The predicted octanol–water partition coefficient (Wildman–Crippen LogP) is 6.25. The maximum Gasteiger partial charge on any atom is 0.130 e. The molecule has 0 spiro atoms. The van der Waals surface area contributed by atoms with Gasteiger partial charge in [0.25, 0.3) is 0 Å². The third kappa shape index (κ3) is 3.55. The average molecular weight is 384 g/mol. The number of hydrogen-bond acceptors (Lipinski definition) is 3. The van der Waals surface area contributed by atoms with Crippen LogP contribution in [0.5, 0.6) is 0 Å². The minimum absolute atomic E-state index is 0.274. The fourth-order valence-electron chi connectivity index (χ4n) is 3.53. The van der Waals surface area contributed by atoms with Gasteiger partial charge in [-0.3, -0.25) is 0 Å². The van der Waals surface area contributed by atoms with E-state index in [0.29, 0.717) is 10.0 Å². The van der Waals surface area contributed by atoms with Gasteiger partial charge in [0.1, 0.15) is 11.6 Å². The lowest BCUT2D eigenvalue weighted by Gasteiger charge is -2.27. The molecule has 1 aromatic heterocycles. The van der Waals surface area contributed by atoms with E-state index in [1.807, 2.05) is 25.1 Å². The van der Waals surface area contributed by atoms with Crippen LogP contribution in [0.4, 0.5) is 5.82 Å². The number of fused-ring (bicyclic) bond motifs is 1. The zero-order chi connectivity index (χ0) is 18.1. The molecule has 132 valence electrons. The van der Waals surface area contributed by atoms with Crippen molar-refractivity contribution in [2.75, 3.05) is 5.32 Å². The molecule has 26 heavy (non-hydrogen) atoms. The second-order valence-corrected chi connectivity index (χ2v) is 7.42. The van der Waals surface area contributed by atoms with E-state index in [9.17, 15) is 0 Å². The summed E-state index contributed by atoms with van der Waals surface area (Å²) in [6, 6.07) is 16.4. The molecule has 4 rings (SSSR count). The second kappa shape index (κ2) is 7.26. The number of aryl methyl sites for hydroxylation is 2. The highest BCUT2D eigenvalue weighted by molar-refractivity contribution is 6.42. The van der Waals surface area contributed by atoms with Crippen molar-refractivity contribution in [2.24, 2.45) is 0 Å². The van der Waals surface area contributed by atoms with Crippen molar-refractivity contribution in [1.82, 2.24) is 9.97 Å². The van der Waals surface area contributed by atoms with Crippen LogP contribution in [0.15, 0.2) is 48.5 Å². The first-order valence-electron chi connectivity index (χ1n) is 8.75. The SMILES string of the molecule is Cc1nc(NC2CCCc3ccccc32)cc(-c2ccc(Cl)c(Cl)c2)n1. The lowest BCUT2D eigenvalue weighted by atomic mass is 9.88. The Morgan fingerprint density at radius 2 is 1.85 bits per heavy atom. The van der Waals surface area contributed by atoms with Gasteiger partial charge in [-0.1, -0.05) is 53.5 Å². The van der Waals surface area contributed by atoms with Gasteiger partial charge in [0.05, 0.1) is 21.8 Å². The Bertz CT molecular complexity index is 956. The molecule has 3 nitrogen and oxygen atoms in total. The number of hydrogen-bond donors (Lipinski definition) is 1. The normalized spacial score (nSPS) is 16.2. The third-order valence-electron chi connectivity index (χ3n) is 4.74. The Morgan fingerprint density at radius 1 is 1.00 bits per heavy atom. The van der Waals surface area contributed by atoms with Crippen molar-refractivity contribution >= 4 is 29.0 Å². The maximum atomic E-state index is 6.16. The lowest BCUT2D eigenvalue weighted by molar-refractivity contribution is 0.598. The van der Waals surface area contributed by atoms with Crippen molar-refractivity contribution < 1.29 is 0 Å². The van der Waals surface area contributed by atoms with Crippen LogP contribution in [0, 0.1) is 6.92 Å². The molecule has 0 fully saturated rings. The van der Waals surface area contributed by atoms with Crippen molar-refractivity contribution in [1.29, 1.82) is 0 Å². The first kappa shape index (κ1) is 17.3. The van der Waals surface area contributed by atoms with Crippen LogP contribution < -0.4 is 5.32 Å². The quantitative estimate of drug-likeness (QED) is 0.580. The van der Waals surface area contributed by atoms with Crippen LogP contribution in [-0.4, -0.2) is 9.97 Å². The largest absolute Gasteiger partial charge is 0.363 e. The summed E-state index contributed by atoms with van der Waals surface area (Å²) in [4.78, 5) is 9.14. The molecule has 1 atom stereocenters. The molecule has 0 radical (unpaired) electrons. The van der Waals surface area contributed by atoms with Crippen molar-refractivity contribution in [2.45, 2.75) is 32.2 Å². The minimum Gasteiger partial charge on any atom is -0.363 e. The summed E-state index contributed by atoms with van der Waals surface area (Å²) < 4.78 is 0. The summed E-state index contributed by atoms with van der Waals surface area (Å²) in [5.41, 5.74) is 4.55. The Kier molecular flexibility index (Phi) is 4.84. The van der Waals surface area contributed by atoms with Crippen LogP contribution in [0.3, 0.4) is 0 Å². The smallest absolute Gasteiger partial charge is 0.130 e. The van der Waals surface area contributed by atoms with E-state index < -0.39 is 0 Å². The van der Waals surface area contributed by atoms with E-state index in [-0.39, 0.29) is 6.04 Å². The highest BCUT2D eigenvalue weighted by Gasteiger charge is 2.20. The van der Waals surface area contributed by atoms with E-state index >= 15 is 0 Å². The van der Waals surface area contributed by atoms with Gasteiger partial charge in [-0.25, -0.2) is 9.97 Å². The van der Waals surface area contributed by atoms with Gasteiger partial charge in [0, 0.05) is 11.6 Å². The zero-order valence-corrected chi connectivity index (χ0v) is 16.0. The lowest BCUT2D eigenvalue weighted by Crippen LogP contribution is -2.18. The second-order valence-electron chi connectivity index (χ2n) is 6.60. The number of aromatic nitrogens is 2. The third-order valence-corrected chi connectivity index (χ3v) is 5.48. The van der Waals surface area contributed by atoms with Gasteiger partial charge in [0.15, 0.2) is 0 Å². The summed E-state index contributed by atoms with van der Waals surface area (Å²) in [5.74, 6) is 1.56. The standard InChI is InChI=1S/C21H19Cl2N3/c1-13-24-20(15-9-10-17(22)18(23)11-15)12-21(25-13)26-19-8-4-6-14-5-2-3-7-16(14)19/h2-3,5,7,9-12,19H,4,6,8H2,1H3,(H,24,25,26). The Balaban J connectivity index is 1.66. The Hall–Kier alpha value is -2.10. The van der Waals surface area contributed by atoms with Gasteiger partial charge >= 0.3 is 0 Å². The molecule has 0 bridgehead atoms. The number of benzene rings is 2. The minimum atomic E-state index is 0.274. The predicted molar refractivity (Wildman–Crippen MR) is 108 cm³/mol. The van der Waals surface area contributed by atoms with Crippen LogP contribution in [0.1, 0.15) is 35.8 Å².